The van der Waals surface area contributed by atoms with Gasteiger partial charge in [-0.3, -0.25) is 14.4 Å². The highest BCUT2D eigenvalue weighted by atomic mass is 32.2. The summed E-state index contributed by atoms with van der Waals surface area (Å²) < 4.78 is 10.5. The van der Waals surface area contributed by atoms with Crippen LogP contribution >= 0.6 is 71.9 Å². The van der Waals surface area contributed by atoms with Gasteiger partial charge in [-0.15, -0.1) is 71.9 Å². The van der Waals surface area contributed by atoms with Crippen LogP contribution in [0.2, 0.25) is 0 Å². The number of anilines is 3. The fourth-order valence-corrected chi connectivity index (χ4v) is 8.27. The molecule has 248 valence electrons. The molecule has 3 amide bonds. The maximum Gasteiger partial charge on any atom is 0.250 e. The lowest BCUT2D eigenvalue weighted by Crippen LogP contribution is -2.34. The number of hydrogen-bond donors (Lipinski definition) is 6. The van der Waals surface area contributed by atoms with Crippen LogP contribution in [-0.4, -0.2) is 70.4 Å². The number of thiazole rings is 3. The monoisotopic (exact) mass is 755 g/mol. The van der Waals surface area contributed by atoms with E-state index in [1.54, 1.807) is 6.07 Å². The lowest BCUT2D eigenvalue weighted by Gasteiger charge is -2.22. The Hall–Kier alpha value is -3.29. The molecule has 6 rings (SSSR count). The van der Waals surface area contributed by atoms with Crippen LogP contribution in [0.4, 0.5) is 17.1 Å². The highest BCUT2D eigenvalue weighted by molar-refractivity contribution is 7.83. The lowest BCUT2D eigenvalue weighted by molar-refractivity contribution is -0.120. The van der Waals surface area contributed by atoms with Crippen LogP contribution in [0.1, 0.15) is 12.8 Å². The van der Waals surface area contributed by atoms with E-state index in [9.17, 15) is 14.4 Å². The van der Waals surface area contributed by atoms with Gasteiger partial charge in [0.15, 0.2) is 0 Å². The number of benzene rings is 3. The van der Waals surface area contributed by atoms with Crippen LogP contribution in [0.5, 0.6) is 0 Å². The molecular weight excluding hydrogens is 727 g/mol. The summed E-state index contributed by atoms with van der Waals surface area (Å²) in [5.74, 6) is -0.616. The smallest absolute Gasteiger partial charge is 0.250 e. The number of thiol groups is 3. The molecular formula is C31H29N7O4S6. The molecule has 0 aliphatic heterocycles. The number of carbonyl (C=O) groups is 3. The first kappa shape index (κ1) is 34.6. The van der Waals surface area contributed by atoms with Crippen LogP contribution in [0, 0.1) is 0 Å². The van der Waals surface area contributed by atoms with Crippen LogP contribution < -0.4 is 16.0 Å². The van der Waals surface area contributed by atoms with Gasteiger partial charge in [0, 0.05) is 49.5 Å². The largest absolute Gasteiger partial charge is 0.370 e. The number of fused-ring (bicyclic) bond motifs is 3. The molecule has 0 aliphatic rings. The second-order valence-corrected chi connectivity index (χ2v) is 15.8. The molecule has 17 heteroatoms. The SMILES string of the molecule is O=C(CCN(CCOCC(=O)Nc1ccc2nc(S)sc2c1)CCC(=O)Nc1ccc2nc(S)sc2c1)Nc1ccc2nc(S)sc2c1. The van der Waals surface area contributed by atoms with Gasteiger partial charge in [0.25, 0.3) is 0 Å². The number of carbonyl (C=O) groups excluding carboxylic acids is 3. The quantitative estimate of drug-likeness (QED) is 0.0534. The molecule has 0 radical (unpaired) electrons. The molecule has 0 spiro atoms. The van der Waals surface area contributed by atoms with Gasteiger partial charge in [0.1, 0.15) is 19.6 Å². The Morgan fingerprint density at radius 3 is 1.42 bits per heavy atom. The van der Waals surface area contributed by atoms with Crippen molar-refractivity contribution < 1.29 is 19.1 Å². The highest BCUT2D eigenvalue weighted by Gasteiger charge is 2.14. The van der Waals surface area contributed by atoms with Crippen molar-refractivity contribution in [3.8, 4) is 0 Å². The first-order chi connectivity index (χ1) is 23.2. The average molecular weight is 756 g/mol. The molecule has 6 aromatic rings. The Kier molecular flexibility index (Phi) is 11.5. The van der Waals surface area contributed by atoms with E-state index in [-0.39, 0.29) is 43.8 Å². The molecule has 0 atom stereocenters. The minimum Gasteiger partial charge on any atom is -0.370 e. The zero-order valence-electron chi connectivity index (χ0n) is 25.1. The Bertz CT molecular complexity index is 2020. The van der Waals surface area contributed by atoms with Gasteiger partial charge >= 0.3 is 0 Å². The maximum absolute atomic E-state index is 12.9. The van der Waals surface area contributed by atoms with Crippen molar-refractivity contribution >= 4 is 137 Å². The third-order valence-electron chi connectivity index (χ3n) is 7.08. The molecule has 0 aliphatic carbocycles. The van der Waals surface area contributed by atoms with Crippen LogP contribution in [-0.2, 0) is 19.1 Å². The number of ether oxygens (including phenoxy) is 1. The molecule has 3 heterocycles. The normalized spacial score (nSPS) is 11.5. The van der Waals surface area contributed by atoms with Crippen molar-refractivity contribution in [3.63, 3.8) is 0 Å². The zero-order valence-corrected chi connectivity index (χ0v) is 30.3. The van der Waals surface area contributed by atoms with Gasteiger partial charge in [-0.1, -0.05) is 0 Å². The third kappa shape index (κ3) is 9.44. The number of amides is 3. The van der Waals surface area contributed by atoms with E-state index in [1.165, 1.54) is 34.0 Å². The Labute approximate surface area is 303 Å². The first-order valence-electron chi connectivity index (χ1n) is 14.7. The molecule has 3 aromatic heterocycles. The van der Waals surface area contributed by atoms with Crippen LogP contribution in [0.25, 0.3) is 30.6 Å². The summed E-state index contributed by atoms with van der Waals surface area (Å²) >= 11 is 17.2. The molecule has 48 heavy (non-hydrogen) atoms. The zero-order chi connectivity index (χ0) is 33.6. The summed E-state index contributed by atoms with van der Waals surface area (Å²) in [5.41, 5.74) is 4.47. The van der Waals surface area contributed by atoms with Gasteiger partial charge in [-0.05, 0) is 54.6 Å². The van der Waals surface area contributed by atoms with Gasteiger partial charge < -0.3 is 25.6 Å². The Morgan fingerprint density at radius 2 is 1.00 bits per heavy atom. The molecule has 0 saturated carbocycles. The van der Waals surface area contributed by atoms with E-state index < -0.39 is 0 Å². The predicted molar refractivity (Wildman–Crippen MR) is 203 cm³/mol. The summed E-state index contributed by atoms with van der Waals surface area (Å²) in [4.78, 5) is 53.2. The van der Waals surface area contributed by atoms with Crippen molar-refractivity contribution in [2.75, 3.05) is 48.8 Å². The molecule has 3 aromatic carbocycles. The number of aromatic nitrogens is 3. The summed E-state index contributed by atoms with van der Waals surface area (Å²) in [6.45, 7) is 1.28. The van der Waals surface area contributed by atoms with Crippen molar-refractivity contribution in [1.29, 1.82) is 0 Å². The minimum atomic E-state index is -0.291. The van der Waals surface area contributed by atoms with E-state index in [2.05, 4.69) is 68.8 Å². The standard InChI is InChI=1S/C31H29N7O4S6/c39-26(32-17-1-4-20-23(13-17)46-29(43)35-20)7-9-38(10-8-27(40)33-18-2-5-21-24(14-18)47-30(44)36-21)11-12-42-16-28(41)34-19-3-6-22-25(15-19)48-31(45)37-22/h1-6,13-15H,7-12,16H2,(H,32,39)(H,33,40)(H,34,41)(H,35,43)(H,36,44)(H,37,45). The molecule has 0 bridgehead atoms. The number of nitrogens with one attached hydrogen (secondary N) is 3. The first-order valence-corrected chi connectivity index (χ1v) is 18.4. The average Bonchev–Trinajstić information content (AvgIpc) is 3.72. The van der Waals surface area contributed by atoms with Crippen LogP contribution in [0.15, 0.2) is 67.6 Å². The van der Waals surface area contributed by atoms with E-state index in [0.29, 0.717) is 49.7 Å². The number of rotatable bonds is 14. The van der Waals surface area contributed by atoms with Gasteiger partial charge in [-0.2, -0.15) is 0 Å². The summed E-state index contributed by atoms with van der Waals surface area (Å²) in [6, 6.07) is 16.5. The van der Waals surface area contributed by atoms with Crippen molar-refractivity contribution in [3.05, 3.63) is 54.6 Å². The molecule has 11 nitrogen and oxygen atoms in total. The second-order valence-electron chi connectivity index (χ2n) is 10.6. The molecule has 0 fully saturated rings. The summed E-state index contributed by atoms with van der Waals surface area (Å²) in [5, 5.41) is 8.71. The van der Waals surface area contributed by atoms with E-state index >= 15 is 0 Å². The van der Waals surface area contributed by atoms with Gasteiger partial charge in [-0.25, -0.2) is 15.0 Å². The van der Waals surface area contributed by atoms with Gasteiger partial charge in [0.05, 0.1) is 37.3 Å². The minimum absolute atomic E-state index is 0.143. The van der Waals surface area contributed by atoms with Gasteiger partial charge in [0.2, 0.25) is 17.7 Å². The molecule has 0 unspecified atom stereocenters. The number of nitrogens with zero attached hydrogens (tertiary/aromatic N) is 4. The highest BCUT2D eigenvalue weighted by Crippen LogP contribution is 2.29. The van der Waals surface area contributed by atoms with Crippen molar-refractivity contribution in [2.24, 2.45) is 0 Å². The number of hydrogen-bond acceptors (Lipinski definition) is 14. The Morgan fingerprint density at radius 1 is 0.604 bits per heavy atom. The fraction of sp³-hybridized carbons (Fsp3) is 0.226. The van der Waals surface area contributed by atoms with E-state index in [1.807, 2.05) is 53.4 Å². The lowest BCUT2D eigenvalue weighted by atomic mass is 10.2. The topological polar surface area (TPSA) is 138 Å². The Balaban J connectivity index is 1.01. The van der Waals surface area contributed by atoms with Crippen LogP contribution in [0.3, 0.4) is 0 Å². The predicted octanol–water partition coefficient (Wildman–Crippen LogP) is 6.70. The fourth-order valence-electron chi connectivity index (χ4n) is 4.83. The summed E-state index contributed by atoms with van der Waals surface area (Å²) in [7, 11) is 0. The van der Waals surface area contributed by atoms with E-state index in [4.69, 9.17) is 4.74 Å². The third-order valence-corrected chi connectivity index (χ3v) is 10.7. The molecule has 3 N–H and O–H groups in total. The maximum atomic E-state index is 12.9. The summed E-state index contributed by atoms with van der Waals surface area (Å²) in [6.07, 6.45) is 0.394. The van der Waals surface area contributed by atoms with E-state index in [0.717, 1.165) is 30.6 Å². The van der Waals surface area contributed by atoms with Crippen molar-refractivity contribution in [1.82, 2.24) is 19.9 Å². The second kappa shape index (κ2) is 15.9. The molecule has 0 saturated heterocycles. The van der Waals surface area contributed by atoms with Crippen molar-refractivity contribution in [2.45, 2.75) is 25.9 Å².